The van der Waals surface area contributed by atoms with Crippen molar-refractivity contribution >= 4 is 22.4 Å². The van der Waals surface area contributed by atoms with Crippen LogP contribution >= 0.6 is 0 Å². The Labute approximate surface area is 159 Å². The third-order valence-electron chi connectivity index (χ3n) is 5.37. The highest BCUT2D eigenvalue weighted by Crippen LogP contribution is 2.48. The van der Waals surface area contributed by atoms with E-state index in [0.717, 1.165) is 10.8 Å². The predicted molar refractivity (Wildman–Crippen MR) is 96.7 cm³/mol. The zero-order valence-corrected chi connectivity index (χ0v) is 14.9. The molecular weight excluding hydrogens is 373 g/mol. The topological polar surface area (TPSA) is 62.1 Å². The lowest BCUT2D eigenvalue weighted by molar-refractivity contribution is -0.317. The van der Waals surface area contributed by atoms with Crippen LogP contribution in [-0.2, 0) is 4.79 Å². The summed E-state index contributed by atoms with van der Waals surface area (Å²) in [5.74, 6) is -1.87. The quantitative estimate of drug-likeness (QED) is 0.863. The summed E-state index contributed by atoms with van der Waals surface area (Å²) in [5.41, 5.74) is -3.09. The Morgan fingerprint density at radius 2 is 1.96 bits per heavy atom. The first-order valence-electron chi connectivity index (χ1n) is 9.12. The van der Waals surface area contributed by atoms with E-state index in [4.69, 9.17) is 4.74 Å². The summed E-state index contributed by atoms with van der Waals surface area (Å²) in [4.78, 5) is 12.6. The molecule has 28 heavy (non-hydrogen) atoms. The van der Waals surface area contributed by atoms with E-state index in [1.54, 1.807) is 24.3 Å². The van der Waals surface area contributed by atoms with Crippen LogP contribution in [0.2, 0.25) is 0 Å². The highest BCUT2D eigenvalue weighted by Gasteiger charge is 2.68. The van der Waals surface area contributed by atoms with Gasteiger partial charge in [0.15, 0.2) is 6.61 Å². The lowest BCUT2D eigenvalue weighted by atomic mass is 9.80. The van der Waals surface area contributed by atoms with Crippen molar-refractivity contribution < 1.29 is 27.8 Å². The first-order chi connectivity index (χ1) is 13.3. The van der Waals surface area contributed by atoms with Gasteiger partial charge in [-0.25, -0.2) is 0 Å². The number of rotatable bonds is 3. The van der Waals surface area contributed by atoms with Crippen LogP contribution in [0.5, 0.6) is 5.75 Å². The molecule has 1 fully saturated rings. The monoisotopic (exact) mass is 392 g/mol. The summed E-state index contributed by atoms with van der Waals surface area (Å²) >= 11 is 0. The number of ether oxygens (including phenoxy) is 1. The Morgan fingerprint density at radius 1 is 1.21 bits per heavy atom. The number of benzene rings is 2. The highest BCUT2D eigenvalue weighted by molar-refractivity contribution is 5.94. The standard InChI is InChI=1S/C20H19F3N2O3/c21-20(22,23)19(27)15-9-3-4-10-16(15)24-25(19)18(26)12-28-17-11-5-7-13-6-1-2-8-14(13)17/h1-2,5-8,11,15,27H,3-4,9-10,12H2/t15-,19-/m0/s1. The normalized spacial score (nSPS) is 24.8. The third-order valence-corrected chi connectivity index (χ3v) is 5.37. The van der Waals surface area contributed by atoms with Gasteiger partial charge in [0.1, 0.15) is 5.75 Å². The Balaban J connectivity index is 1.59. The molecule has 5 nitrogen and oxygen atoms in total. The number of aliphatic hydroxyl groups is 1. The molecular formula is C20H19F3N2O3. The summed E-state index contributed by atoms with van der Waals surface area (Å²) in [6.07, 6.45) is -3.29. The van der Waals surface area contributed by atoms with Crippen LogP contribution in [0.25, 0.3) is 10.8 Å². The fourth-order valence-corrected chi connectivity index (χ4v) is 3.99. The molecule has 0 aromatic heterocycles. The molecule has 2 aromatic rings. The van der Waals surface area contributed by atoms with Crippen molar-refractivity contribution in [3.05, 3.63) is 42.5 Å². The Kier molecular flexibility index (Phi) is 4.53. The van der Waals surface area contributed by atoms with Gasteiger partial charge < -0.3 is 9.84 Å². The maximum absolute atomic E-state index is 13.7. The molecule has 0 radical (unpaired) electrons. The number of carbonyl (C=O) groups excluding carboxylic acids is 1. The van der Waals surface area contributed by atoms with Crippen molar-refractivity contribution in [1.29, 1.82) is 0 Å². The molecule has 1 N–H and O–H groups in total. The Hall–Kier alpha value is -2.61. The van der Waals surface area contributed by atoms with Crippen LogP contribution in [0.4, 0.5) is 13.2 Å². The van der Waals surface area contributed by atoms with Crippen LogP contribution in [-0.4, -0.2) is 40.2 Å². The fourth-order valence-electron chi connectivity index (χ4n) is 3.99. The molecule has 4 rings (SSSR count). The summed E-state index contributed by atoms with van der Waals surface area (Å²) in [7, 11) is 0. The van der Waals surface area contributed by atoms with Crippen molar-refractivity contribution in [2.24, 2.45) is 11.0 Å². The second-order valence-corrected chi connectivity index (χ2v) is 7.09. The zero-order valence-electron chi connectivity index (χ0n) is 14.9. The maximum atomic E-state index is 13.7. The Bertz CT molecular complexity index is 938. The number of hydrazone groups is 1. The van der Waals surface area contributed by atoms with Crippen LogP contribution in [0, 0.1) is 5.92 Å². The zero-order chi connectivity index (χ0) is 19.9. The molecule has 0 bridgehead atoms. The summed E-state index contributed by atoms with van der Waals surface area (Å²) < 4.78 is 46.7. The molecule has 2 aliphatic rings. The predicted octanol–water partition coefficient (Wildman–Crippen LogP) is 3.86. The summed E-state index contributed by atoms with van der Waals surface area (Å²) in [6, 6.07) is 12.6. The van der Waals surface area contributed by atoms with Gasteiger partial charge in [0, 0.05) is 11.1 Å². The van der Waals surface area contributed by atoms with E-state index in [1.165, 1.54) is 0 Å². The number of amides is 1. The SMILES string of the molecule is O=C(COc1cccc2ccccc12)N1N=C2CCCC[C@@H]2[C@]1(O)C(F)(F)F. The number of alkyl halides is 3. The molecule has 2 atom stereocenters. The van der Waals surface area contributed by atoms with E-state index in [2.05, 4.69) is 5.10 Å². The van der Waals surface area contributed by atoms with Crippen LogP contribution in [0.3, 0.4) is 0 Å². The number of hydrogen-bond acceptors (Lipinski definition) is 4. The lowest BCUT2D eigenvalue weighted by Crippen LogP contribution is -2.62. The molecule has 1 heterocycles. The number of fused-ring (bicyclic) bond motifs is 2. The van der Waals surface area contributed by atoms with E-state index in [-0.39, 0.29) is 17.1 Å². The van der Waals surface area contributed by atoms with Gasteiger partial charge >= 0.3 is 6.18 Å². The van der Waals surface area contributed by atoms with Gasteiger partial charge in [0.2, 0.25) is 0 Å². The van der Waals surface area contributed by atoms with Gasteiger partial charge in [-0.2, -0.15) is 23.3 Å². The molecule has 1 aliphatic heterocycles. The van der Waals surface area contributed by atoms with E-state index in [1.807, 2.05) is 18.2 Å². The molecule has 1 saturated carbocycles. The molecule has 1 amide bonds. The molecule has 2 aromatic carbocycles. The number of nitrogens with zero attached hydrogens (tertiary/aromatic N) is 2. The fraction of sp³-hybridized carbons (Fsp3) is 0.400. The number of hydrogen-bond donors (Lipinski definition) is 1. The lowest BCUT2D eigenvalue weighted by Gasteiger charge is -2.38. The van der Waals surface area contributed by atoms with Crippen molar-refractivity contribution in [1.82, 2.24) is 5.01 Å². The first kappa shape index (κ1) is 18.7. The molecule has 0 unspecified atom stereocenters. The van der Waals surface area contributed by atoms with Gasteiger partial charge in [-0.1, -0.05) is 42.8 Å². The average molecular weight is 392 g/mol. The van der Waals surface area contributed by atoms with Gasteiger partial charge in [0.25, 0.3) is 11.6 Å². The van der Waals surface area contributed by atoms with Gasteiger partial charge in [-0.05, 0) is 30.7 Å². The van der Waals surface area contributed by atoms with Crippen molar-refractivity contribution in [3.8, 4) is 5.75 Å². The molecule has 0 saturated heterocycles. The minimum absolute atomic E-state index is 0.142. The van der Waals surface area contributed by atoms with Gasteiger partial charge in [-0.15, -0.1) is 0 Å². The minimum Gasteiger partial charge on any atom is -0.483 e. The second kappa shape index (κ2) is 6.77. The molecule has 1 aliphatic carbocycles. The van der Waals surface area contributed by atoms with Crippen molar-refractivity contribution in [2.75, 3.05) is 6.61 Å². The van der Waals surface area contributed by atoms with Crippen LogP contribution in [0.1, 0.15) is 25.7 Å². The van der Waals surface area contributed by atoms with E-state index >= 15 is 0 Å². The number of halogens is 3. The van der Waals surface area contributed by atoms with E-state index < -0.39 is 30.3 Å². The summed E-state index contributed by atoms with van der Waals surface area (Å²) in [5, 5.41) is 16.2. The third kappa shape index (κ3) is 2.92. The van der Waals surface area contributed by atoms with E-state index in [9.17, 15) is 23.1 Å². The smallest absolute Gasteiger partial charge is 0.439 e. The van der Waals surface area contributed by atoms with Gasteiger partial charge in [-0.3, -0.25) is 4.79 Å². The highest BCUT2D eigenvalue weighted by atomic mass is 19.4. The maximum Gasteiger partial charge on any atom is 0.439 e. The number of carbonyl (C=O) groups is 1. The largest absolute Gasteiger partial charge is 0.483 e. The summed E-state index contributed by atoms with van der Waals surface area (Å²) in [6.45, 7) is -0.657. The van der Waals surface area contributed by atoms with E-state index in [0.29, 0.717) is 25.0 Å². The van der Waals surface area contributed by atoms with Crippen molar-refractivity contribution in [2.45, 2.75) is 37.6 Å². The molecule has 8 heteroatoms. The second-order valence-electron chi connectivity index (χ2n) is 7.09. The van der Waals surface area contributed by atoms with Crippen molar-refractivity contribution in [3.63, 3.8) is 0 Å². The first-order valence-corrected chi connectivity index (χ1v) is 9.12. The van der Waals surface area contributed by atoms with Crippen LogP contribution < -0.4 is 4.74 Å². The minimum atomic E-state index is -5.02. The molecule has 148 valence electrons. The molecule has 0 spiro atoms. The average Bonchev–Trinajstić information content (AvgIpc) is 3.00. The van der Waals surface area contributed by atoms with Gasteiger partial charge in [0.05, 0.1) is 5.92 Å². The Morgan fingerprint density at radius 3 is 2.75 bits per heavy atom. The van der Waals surface area contributed by atoms with Crippen LogP contribution in [0.15, 0.2) is 47.6 Å².